The van der Waals surface area contributed by atoms with Crippen LogP contribution in [0.1, 0.15) is 62.5 Å². The summed E-state index contributed by atoms with van der Waals surface area (Å²) >= 11 is 12.0. The van der Waals surface area contributed by atoms with Gasteiger partial charge in [-0.3, -0.25) is 19.6 Å². The van der Waals surface area contributed by atoms with Crippen molar-refractivity contribution in [2.75, 3.05) is 31.5 Å². The third-order valence-corrected chi connectivity index (χ3v) is 6.41. The average Bonchev–Trinajstić information content (AvgIpc) is 3.68. The second-order valence-corrected chi connectivity index (χ2v) is 11.0. The van der Waals surface area contributed by atoms with Gasteiger partial charge in [0.05, 0.1) is 35.4 Å². The lowest BCUT2D eigenvalue weighted by Crippen LogP contribution is -2.29. The average molecular weight is 674 g/mol. The molecular weight excluding hydrogens is 643 g/mol. The fourth-order valence-corrected chi connectivity index (χ4v) is 4.00. The number of nitrogens with one attached hydrogen (secondary N) is 2. The minimum absolute atomic E-state index is 0.0513. The molecule has 2 amide bonds. The quantitative estimate of drug-likeness (QED) is 0.197. The molecule has 0 aliphatic heterocycles. The molecule has 2 aromatic heterocycles. The molecule has 0 saturated heterocycles. The van der Waals surface area contributed by atoms with Gasteiger partial charge in [0.15, 0.2) is 11.5 Å². The molecule has 16 heteroatoms. The zero-order chi connectivity index (χ0) is 34.2. The summed E-state index contributed by atoms with van der Waals surface area (Å²) in [4.78, 5) is 61.4. The molecule has 242 valence electrons. The topological polar surface area (TPSA) is 175 Å². The molecule has 0 spiro atoms. The number of amides is 2. The Morgan fingerprint density at radius 3 is 1.98 bits per heavy atom. The van der Waals surface area contributed by atoms with E-state index >= 15 is 0 Å². The first-order valence-electron chi connectivity index (χ1n) is 13.3. The highest BCUT2D eigenvalue weighted by molar-refractivity contribution is 6.35. The van der Waals surface area contributed by atoms with Gasteiger partial charge in [-0.2, -0.15) is 10.2 Å². The van der Waals surface area contributed by atoms with E-state index in [0.717, 1.165) is 4.68 Å². The Hall–Kier alpha value is -5.21. The number of nitrogens with zero attached hydrogens (tertiary/aromatic N) is 4. The first-order valence-corrected chi connectivity index (χ1v) is 14.1. The van der Waals surface area contributed by atoms with Crippen molar-refractivity contribution < 1.29 is 38.2 Å². The number of benzene rings is 2. The molecule has 2 heterocycles. The van der Waals surface area contributed by atoms with Crippen LogP contribution in [0.3, 0.4) is 0 Å². The van der Waals surface area contributed by atoms with Gasteiger partial charge >= 0.3 is 18.0 Å². The summed E-state index contributed by atoms with van der Waals surface area (Å²) in [5.74, 6) is -1.96. The number of aromatic amines is 1. The summed E-state index contributed by atoms with van der Waals surface area (Å²) in [5, 5.41) is 13.4. The number of ether oxygens (including phenoxy) is 3. The highest BCUT2D eigenvalue weighted by Gasteiger charge is 2.26. The Kier molecular flexibility index (Phi) is 11.6. The van der Waals surface area contributed by atoms with Gasteiger partial charge in [0, 0.05) is 19.2 Å². The maximum absolute atomic E-state index is 12.4. The number of hydrogen-bond acceptors (Lipinski definition) is 10. The van der Waals surface area contributed by atoms with Crippen LogP contribution in [0, 0.1) is 0 Å². The van der Waals surface area contributed by atoms with Gasteiger partial charge in [-0.25, -0.2) is 14.4 Å². The Balaban J connectivity index is 0.000000259. The summed E-state index contributed by atoms with van der Waals surface area (Å²) in [7, 11) is 3.99. The molecule has 0 aliphatic carbocycles. The van der Waals surface area contributed by atoms with Gasteiger partial charge in [-0.15, -0.1) is 4.68 Å². The van der Waals surface area contributed by atoms with E-state index < -0.39 is 29.5 Å². The molecule has 46 heavy (non-hydrogen) atoms. The third-order valence-electron chi connectivity index (χ3n) is 5.75. The van der Waals surface area contributed by atoms with Crippen molar-refractivity contribution in [2.45, 2.75) is 26.4 Å². The molecule has 4 aromatic rings. The molecule has 2 aromatic carbocycles. The Morgan fingerprint density at radius 2 is 1.43 bits per heavy atom. The summed E-state index contributed by atoms with van der Waals surface area (Å²) in [6.45, 7) is 5.03. The van der Waals surface area contributed by atoms with Crippen LogP contribution in [0.15, 0.2) is 60.7 Å². The predicted octanol–water partition coefficient (Wildman–Crippen LogP) is 5.48. The lowest BCUT2D eigenvalue weighted by Gasteiger charge is -2.19. The van der Waals surface area contributed by atoms with Crippen LogP contribution in [0.2, 0.25) is 10.0 Å². The van der Waals surface area contributed by atoms with E-state index in [1.165, 1.54) is 37.3 Å². The largest absolute Gasteiger partial charge is 0.464 e. The SMILES string of the molecule is COC(=O)c1cc(N(C)C(=O)c2ccccc2Cl)n[nH]1.COC(=O)c1cc(NC(=O)c2ccccc2Cl)n(C(=O)OC(C)(C)C)n1. The van der Waals surface area contributed by atoms with E-state index in [0.29, 0.717) is 16.4 Å². The van der Waals surface area contributed by atoms with Crippen molar-refractivity contribution in [3.8, 4) is 0 Å². The molecular formula is C30H30Cl2N6O8. The van der Waals surface area contributed by atoms with Crippen molar-refractivity contribution in [3.63, 3.8) is 0 Å². The second kappa shape index (κ2) is 15.2. The molecule has 0 atom stereocenters. The monoisotopic (exact) mass is 672 g/mol. The fraction of sp³-hybridized carbons (Fsp3) is 0.233. The third kappa shape index (κ3) is 8.92. The first-order chi connectivity index (χ1) is 21.7. The van der Waals surface area contributed by atoms with Crippen LogP contribution in [0.25, 0.3) is 0 Å². The van der Waals surface area contributed by atoms with Crippen molar-refractivity contribution in [1.29, 1.82) is 0 Å². The van der Waals surface area contributed by atoms with E-state index in [4.69, 9.17) is 27.9 Å². The highest BCUT2D eigenvalue weighted by atomic mass is 35.5. The van der Waals surface area contributed by atoms with Gasteiger partial charge in [0.1, 0.15) is 17.1 Å². The molecule has 0 radical (unpaired) electrons. The maximum atomic E-state index is 12.4. The predicted molar refractivity (Wildman–Crippen MR) is 169 cm³/mol. The molecule has 0 fully saturated rings. The standard InChI is InChI=1S/C17H18ClN3O5.C13H12ClN3O3/c1-17(2,3)26-16(24)21-13(9-12(20-21)15(23)25-4)19-14(22)10-7-5-6-8-11(10)18;1-17(11-7-10(15-16-11)13(19)20-2)12(18)8-5-3-4-6-9(8)14/h5-9H,1-4H3,(H,19,22);3-7H,1-2H3,(H,15,16). The van der Waals surface area contributed by atoms with Gasteiger partial charge in [-0.1, -0.05) is 47.5 Å². The smallest absolute Gasteiger partial charge is 0.437 e. The molecule has 2 N–H and O–H groups in total. The number of esters is 2. The van der Waals surface area contributed by atoms with E-state index in [2.05, 4.69) is 30.1 Å². The van der Waals surface area contributed by atoms with Gasteiger partial charge in [-0.05, 0) is 45.0 Å². The van der Waals surface area contributed by atoms with E-state index in [1.807, 2.05) is 0 Å². The number of carbonyl (C=O) groups excluding carboxylic acids is 5. The lowest BCUT2D eigenvalue weighted by atomic mass is 10.2. The number of carbonyl (C=O) groups is 5. The van der Waals surface area contributed by atoms with Crippen molar-refractivity contribution in [3.05, 3.63) is 93.2 Å². The minimum Gasteiger partial charge on any atom is -0.464 e. The van der Waals surface area contributed by atoms with E-state index in [-0.39, 0.29) is 33.7 Å². The zero-order valence-corrected chi connectivity index (χ0v) is 27.1. The molecule has 0 unspecified atom stereocenters. The lowest BCUT2D eigenvalue weighted by molar-refractivity contribution is 0.0513. The van der Waals surface area contributed by atoms with Gasteiger partial charge in [0.25, 0.3) is 11.8 Å². The fourth-order valence-electron chi connectivity index (χ4n) is 3.56. The number of aromatic nitrogens is 4. The number of anilines is 2. The summed E-state index contributed by atoms with van der Waals surface area (Å²) in [5.41, 5.74) is -0.225. The maximum Gasteiger partial charge on any atom is 0.437 e. The van der Waals surface area contributed by atoms with Crippen LogP contribution in [-0.2, 0) is 14.2 Å². The molecule has 0 bridgehead atoms. The summed E-state index contributed by atoms with van der Waals surface area (Å²) in [6, 6.07) is 15.8. The van der Waals surface area contributed by atoms with Gasteiger partial charge < -0.3 is 19.5 Å². The Bertz CT molecular complexity index is 1760. The molecule has 14 nitrogen and oxygen atoms in total. The van der Waals surface area contributed by atoms with E-state index in [9.17, 15) is 24.0 Å². The Morgan fingerprint density at radius 1 is 0.870 bits per heavy atom. The molecule has 0 aliphatic rings. The minimum atomic E-state index is -0.859. The Labute approximate surface area is 273 Å². The number of rotatable bonds is 6. The van der Waals surface area contributed by atoms with Crippen LogP contribution >= 0.6 is 23.2 Å². The number of H-pyrrole nitrogens is 1. The van der Waals surface area contributed by atoms with Crippen molar-refractivity contribution in [2.24, 2.45) is 0 Å². The highest BCUT2D eigenvalue weighted by Crippen LogP contribution is 2.21. The number of halogens is 2. The first kappa shape index (κ1) is 35.3. The van der Waals surface area contributed by atoms with Crippen molar-refractivity contribution in [1.82, 2.24) is 20.0 Å². The number of methoxy groups -OCH3 is 2. The van der Waals surface area contributed by atoms with Crippen LogP contribution in [0.5, 0.6) is 0 Å². The van der Waals surface area contributed by atoms with Gasteiger partial charge in [0.2, 0.25) is 0 Å². The molecule has 0 saturated carbocycles. The zero-order valence-electron chi connectivity index (χ0n) is 25.6. The van der Waals surface area contributed by atoms with E-state index in [1.54, 1.807) is 70.3 Å². The molecule has 4 rings (SSSR count). The normalized spacial score (nSPS) is 10.6. The van der Waals surface area contributed by atoms with Crippen LogP contribution in [-0.4, -0.2) is 76.7 Å². The van der Waals surface area contributed by atoms with Crippen LogP contribution in [0.4, 0.5) is 16.4 Å². The summed E-state index contributed by atoms with van der Waals surface area (Å²) < 4.78 is 15.2. The summed E-state index contributed by atoms with van der Waals surface area (Å²) in [6.07, 6.45) is -0.859. The second-order valence-electron chi connectivity index (χ2n) is 10.2. The number of hydrogen-bond donors (Lipinski definition) is 2. The van der Waals surface area contributed by atoms with Crippen LogP contribution < -0.4 is 10.2 Å². The van der Waals surface area contributed by atoms with Crippen molar-refractivity contribution >= 4 is 64.7 Å².